The number of methoxy groups -OCH3 is 1. The molecule has 1 saturated heterocycles. The van der Waals surface area contributed by atoms with Crippen LogP contribution < -0.4 is 0 Å². The van der Waals surface area contributed by atoms with E-state index in [9.17, 15) is 9.90 Å². The highest BCUT2D eigenvalue weighted by Crippen LogP contribution is 2.25. The van der Waals surface area contributed by atoms with Gasteiger partial charge in [-0.3, -0.25) is 4.79 Å². The second-order valence-corrected chi connectivity index (χ2v) is 5.42. The highest BCUT2D eigenvalue weighted by atomic mass is 35.5. The summed E-state index contributed by atoms with van der Waals surface area (Å²) in [6.07, 6.45) is 0.586. The predicted molar refractivity (Wildman–Crippen MR) is 73.8 cm³/mol. The minimum atomic E-state index is -0.227. The fourth-order valence-corrected chi connectivity index (χ4v) is 2.84. The summed E-state index contributed by atoms with van der Waals surface area (Å²) in [5.74, 6) is -0.192. The van der Waals surface area contributed by atoms with Crippen molar-refractivity contribution in [1.82, 2.24) is 4.90 Å². The second kappa shape index (κ2) is 6.09. The number of aliphatic hydroxyl groups is 1. The quantitative estimate of drug-likeness (QED) is 0.931. The van der Waals surface area contributed by atoms with Crippen LogP contribution in [0.2, 0.25) is 10.0 Å². The average Bonchev–Trinajstić information content (AvgIpc) is 2.80. The zero-order chi connectivity index (χ0) is 14.0. The van der Waals surface area contributed by atoms with Crippen LogP contribution in [0.4, 0.5) is 0 Å². The number of hydrogen-bond donors (Lipinski definition) is 1. The van der Waals surface area contributed by atoms with Crippen LogP contribution in [0.1, 0.15) is 16.8 Å². The molecule has 0 unspecified atom stereocenters. The summed E-state index contributed by atoms with van der Waals surface area (Å²) >= 11 is 11.8. The molecule has 1 aliphatic rings. The maximum atomic E-state index is 12.4. The van der Waals surface area contributed by atoms with Crippen molar-refractivity contribution in [2.24, 2.45) is 0 Å². The first-order valence-corrected chi connectivity index (χ1v) is 6.71. The first kappa shape index (κ1) is 14.6. The molecule has 6 heteroatoms. The van der Waals surface area contributed by atoms with Crippen molar-refractivity contribution in [1.29, 1.82) is 0 Å². The van der Waals surface area contributed by atoms with E-state index in [1.54, 1.807) is 30.2 Å². The van der Waals surface area contributed by atoms with Gasteiger partial charge in [-0.25, -0.2) is 0 Å². The monoisotopic (exact) mass is 303 g/mol. The van der Waals surface area contributed by atoms with Crippen LogP contribution >= 0.6 is 23.2 Å². The Morgan fingerprint density at radius 2 is 2.05 bits per heavy atom. The predicted octanol–water partition coefficient (Wildman–Crippen LogP) is 2.22. The van der Waals surface area contributed by atoms with Crippen molar-refractivity contribution in [2.45, 2.75) is 18.6 Å². The maximum Gasteiger partial charge on any atom is 0.254 e. The van der Waals surface area contributed by atoms with Gasteiger partial charge in [0, 0.05) is 29.3 Å². The van der Waals surface area contributed by atoms with Crippen LogP contribution in [-0.4, -0.2) is 48.3 Å². The highest BCUT2D eigenvalue weighted by Gasteiger charge is 2.35. The first-order chi connectivity index (χ1) is 9.05. The lowest BCUT2D eigenvalue weighted by Crippen LogP contribution is -2.38. The molecule has 1 fully saturated rings. The van der Waals surface area contributed by atoms with E-state index < -0.39 is 0 Å². The number of hydrogen-bond acceptors (Lipinski definition) is 3. The molecule has 19 heavy (non-hydrogen) atoms. The normalized spacial score (nSPS) is 22.8. The third-order valence-corrected chi connectivity index (χ3v) is 3.73. The van der Waals surface area contributed by atoms with Gasteiger partial charge in [0.15, 0.2) is 0 Å². The van der Waals surface area contributed by atoms with E-state index in [-0.39, 0.29) is 24.7 Å². The fraction of sp³-hybridized carbons (Fsp3) is 0.462. The molecule has 2 atom stereocenters. The van der Waals surface area contributed by atoms with Crippen molar-refractivity contribution in [3.05, 3.63) is 33.8 Å². The summed E-state index contributed by atoms with van der Waals surface area (Å²) in [5.41, 5.74) is 0.424. The number of carbonyl (C=O) groups is 1. The molecule has 1 heterocycles. The second-order valence-electron chi connectivity index (χ2n) is 4.55. The molecule has 1 amide bonds. The van der Waals surface area contributed by atoms with Gasteiger partial charge < -0.3 is 14.7 Å². The molecule has 1 aliphatic heterocycles. The van der Waals surface area contributed by atoms with Crippen molar-refractivity contribution in [3.63, 3.8) is 0 Å². The smallest absolute Gasteiger partial charge is 0.254 e. The van der Waals surface area contributed by atoms with Gasteiger partial charge in [-0.1, -0.05) is 23.2 Å². The molecule has 0 aromatic heterocycles. The van der Waals surface area contributed by atoms with Crippen LogP contribution in [0, 0.1) is 0 Å². The number of benzene rings is 1. The Balaban J connectivity index is 2.23. The molecule has 0 saturated carbocycles. The Kier molecular flexibility index (Phi) is 4.68. The van der Waals surface area contributed by atoms with Gasteiger partial charge >= 0.3 is 0 Å². The zero-order valence-corrected chi connectivity index (χ0v) is 12.0. The standard InChI is InChI=1S/C13H15Cl2NO3/c1-19-12-5-11(7-17)16(6-12)13(18)8-2-9(14)4-10(15)3-8/h2-4,11-12,17H,5-7H2,1H3/t11-,12+/m0/s1. The third kappa shape index (κ3) is 3.20. The number of nitrogens with zero attached hydrogens (tertiary/aromatic N) is 1. The minimum Gasteiger partial charge on any atom is -0.394 e. The molecule has 1 aromatic rings. The number of carbonyl (C=O) groups excluding carboxylic acids is 1. The largest absolute Gasteiger partial charge is 0.394 e. The summed E-state index contributed by atoms with van der Waals surface area (Å²) < 4.78 is 5.25. The van der Waals surface area contributed by atoms with Gasteiger partial charge in [0.1, 0.15) is 0 Å². The first-order valence-electron chi connectivity index (χ1n) is 5.96. The maximum absolute atomic E-state index is 12.4. The lowest BCUT2D eigenvalue weighted by atomic mass is 10.1. The lowest BCUT2D eigenvalue weighted by molar-refractivity contribution is 0.0648. The summed E-state index contributed by atoms with van der Waals surface area (Å²) in [6.45, 7) is 0.380. The van der Waals surface area contributed by atoms with Crippen molar-refractivity contribution in [3.8, 4) is 0 Å². The molecule has 0 bridgehead atoms. The summed E-state index contributed by atoms with van der Waals surface area (Å²) in [5, 5.41) is 10.2. The number of likely N-dealkylation sites (tertiary alicyclic amines) is 1. The van der Waals surface area contributed by atoms with E-state index in [0.717, 1.165) is 0 Å². The Hall–Kier alpha value is -0.810. The summed E-state index contributed by atoms with van der Waals surface area (Å²) in [4.78, 5) is 14.0. The molecular formula is C13H15Cl2NO3. The number of aliphatic hydroxyl groups excluding tert-OH is 1. The van der Waals surface area contributed by atoms with Crippen LogP contribution in [-0.2, 0) is 4.74 Å². The minimum absolute atomic E-state index is 0.0456. The Bertz CT molecular complexity index is 461. The van der Waals surface area contributed by atoms with E-state index in [1.807, 2.05) is 0 Å². The van der Waals surface area contributed by atoms with E-state index in [1.165, 1.54) is 0 Å². The number of amides is 1. The van der Waals surface area contributed by atoms with Gasteiger partial charge in [-0.15, -0.1) is 0 Å². The van der Waals surface area contributed by atoms with E-state index in [4.69, 9.17) is 27.9 Å². The molecule has 2 rings (SSSR count). The van der Waals surface area contributed by atoms with Crippen LogP contribution in [0.25, 0.3) is 0 Å². The van der Waals surface area contributed by atoms with Gasteiger partial charge in [0.25, 0.3) is 5.91 Å². The molecule has 104 valence electrons. The van der Waals surface area contributed by atoms with Gasteiger partial charge in [-0.2, -0.15) is 0 Å². The van der Waals surface area contributed by atoms with Gasteiger partial charge in [-0.05, 0) is 24.6 Å². The number of halogens is 2. The zero-order valence-electron chi connectivity index (χ0n) is 10.5. The number of rotatable bonds is 3. The van der Waals surface area contributed by atoms with E-state index >= 15 is 0 Å². The molecule has 0 radical (unpaired) electrons. The fourth-order valence-electron chi connectivity index (χ4n) is 2.31. The number of ether oxygens (including phenoxy) is 1. The molecule has 0 aliphatic carbocycles. The topological polar surface area (TPSA) is 49.8 Å². The van der Waals surface area contributed by atoms with Gasteiger partial charge in [0.05, 0.1) is 18.8 Å². The lowest BCUT2D eigenvalue weighted by Gasteiger charge is -2.23. The molecule has 1 aromatic carbocycles. The van der Waals surface area contributed by atoms with E-state index in [2.05, 4.69) is 0 Å². The van der Waals surface area contributed by atoms with Crippen LogP contribution in [0.5, 0.6) is 0 Å². The Morgan fingerprint density at radius 1 is 1.42 bits per heavy atom. The molecule has 4 nitrogen and oxygen atoms in total. The van der Waals surface area contributed by atoms with Crippen LogP contribution in [0.15, 0.2) is 18.2 Å². The highest BCUT2D eigenvalue weighted by molar-refractivity contribution is 6.35. The molecular weight excluding hydrogens is 289 g/mol. The average molecular weight is 304 g/mol. The summed E-state index contributed by atoms with van der Waals surface area (Å²) in [7, 11) is 1.60. The van der Waals surface area contributed by atoms with Crippen molar-refractivity contribution < 1.29 is 14.6 Å². The molecule has 1 N–H and O–H groups in total. The molecule has 0 spiro atoms. The Labute approximate surface area is 121 Å². The van der Waals surface area contributed by atoms with Crippen LogP contribution in [0.3, 0.4) is 0 Å². The van der Waals surface area contributed by atoms with Crippen molar-refractivity contribution >= 4 is 29.1 Å². The summed E-state index contributed by atoms with van der Waals surface area (Å²) in [6, 6.07) is 4.50. The van der Waals surface area contributed by atoms with E-state index in [0.29, 0.717) is 28.6 Å². The SMILES string of the molecule is CO[C@@H]1C[C@@H](CO)N(C(=O)c2cc(Cl)cc(Cl)c2)C1. The van der Waals surface area contributed by atoms with Crippen molar-refractivity contribution in [2.75, 3.05) is 20.3 Å². The van der Waals surface area contributed by atoms with Gasteiger partial charge in [0.2, 0.25) is 0 Å². The Morgan fingerprint density at radius 3 is 2.58 bits per heavy atom. The third-order valence-electron chi connectivity index (χ3n) is 3.29.